The van der Waals surface area contributed by atoms with Crippen molar-refractivity contribution >= 4 is 11.6 Å². The van der Waals surface area contributed by atoms with Gasteiger partial charge in [-0.3, -0.25) is 0 Å². The summed E-state index contributed by atoms with van der Waals surface area (Å²) in [6.07, 6.45) is 6.46. The largest absolute Gasteiger partial charge is 0.370 e. The summed E-state index contributed by atoms with van der Waals surface area (Å²) in [6, 6.07) is 0.446. The van der Waals surface area contributed by atoms with Crippen LogP contribution in [0.2, 0.25) is 0 Å². The first-order valence-electron chi connectivity index (χ1n) is 7.86. The van der Waals surface area contributed by atoms with E-state index >= 15 is 0 Å². The molecular formula is C16H30N4. The Morgan fingerprint density at radius 2 is 1.80 bits per heavy atom. The zero-order valence-electron chi connectivity index (χ0n) is 13.7. The molecule has 4 nitrogen and oxygen atoms in total. The minimum absolute atomic E-state index is 0.446. The maximum Gasteiger partial charge on any atom is 0.134 e. The maximum absolute atomic E-state index is 4.37. The maximum atomic E-state index is 4.37. The molecule has 20 heavy (non-hydrogen) atoms. The van der Waals surface area contributed by atoms with Crippen molar-refractivity contribution in [3.63, 3.8) is 0 Å². The van der Waals surface area contributed by atoms with Gasteiger partial charge in [0.15, 0.2) is 0 Å². The van der Waals surface area contributed by atoms with Crippen LogP contribution < -0.4 is 10.6 Å². The summed E-state index contributed by atoms with van der Waals surface area (Å²) >= 11 is 0. The van der Waals surface area contributed by atoms with E-state index in [9.17, 15) is 0 Å². The van der Waals surface area contributed by atoms with E-state index in [2.05, 4.69) is 55.2 Å². The molecule has 1 aromatic rings. The van der Waals surface area contributed by atoms with E-state index < -0.39 is 0 Å². The molecule has 0 radical (unpaired) electrons. The van der Waals surface area contributed by atoms with Crippen molar-refractivity contribution < 1.29 is 0 Å². The average molecular weight is 278 g/mol. The van der Waals surface area contributed by atoms with Crippen LogP contribution in [0.4, 0.5) is 11.6 Å². The fourth-order valence-corrected chi connectivity index (χ4v) is 2.16. The molecule has 2 N–H and O–H groups in total. The zero-order valence-corrected chi connectivity index (χ0v) is 13.7. The molecule has 0 saturated heterocycles. The Labute approximate surface area is 123 Å². The molecule has 1 heterocycles. The van der Waals surface area contributed by atoms with Gasteiger partial charge in [0.25, 0.3) is 0 Å². The van der Waals surface area contributed by atoms with Crippen LogP contribution in [0.15, 0.2) is 6.33 Å². The Hall–Kier alpha value is -1.32. The van der Waals surface area contributed by atoms with Crippen LogP contribution in [0.5, 0.6) is 0 Å². The third-order valence-corrected chi connectivity index (χ3v) is 3.43. The summed E-state index contributed by atoms with van der Waals surface area (Å²) in [5.74, 6) is 2.68. The Morgan fingerprint density at radius 3 is 2.45 bits per heavy atom. The molecule has 0 fully saturated rings. The third kappa shape index (κ3) is 5.76. The molecule has 114 valence electrons. The molecule has 0 spiro atoms. The molecule has 0 aliphatic carbocycles. The number of anilines is 2. The molecule has 1 unspecified atom stereocenters. The van der Waals surface area contributed by atoms with Crippen molar-refractivity contribution in [2.45, 2.75) is 66.3 Å². The van der Waals surface area contributed by atoms with Crippen molar-refractivity contribution in [2.24, 2.45) is 5.92 Å². The van der Waals surface area contributed by atoms with Gasteiger partial charge in [-0.05, 0) is 32.6 Å². The predicted molar refractivity (Wildman–Crippen MR) is 87.3 cm³/mol. The topological polar surface area (TPSA) is 49.8 Å². The van der Waals surface area contributed by atoms with Crippen LogP contribution in [0.1, 0.15) is 58.9 Å². The van der Waals surface area contributed by atoms with E-state index in [1.54, 1.807) is 6.33 Å². The van der Waals surface area contributed by atoms with E-state index in [0.29, 0.717) is 6.04 Å². The van der Waals surface area contributed by atoms with Gasteiger partial charge in [-0.15, -0.1) is 0 Å². The Balaban J connectivity index is 2.54. The first-order chi connectivity index (χ1) is 9.54. The standard InChI is InChI=1S/C16H30N4/c1-6-10-17-15-14(5)16(19-11-18-15)20-13(4)9-7-8-12(2)3/h11-13H,6-10H2,1-5H3,(H2,17,18,19,20). The van der Waals surface area contributed by atoms with Crippen molar-refractivity contribution in [2.75, 3.05) is 17.2 Å². The molecule has 0 aliphatic rings. The van der Waals surface area contributed by atoms with Crippen molar-refractivity contribution in [3.8, 4) is 0 Å². The normalized spacial score (nSPS) is 12.5. The lowest BCUT2D eigenvalue weighted by Gasteiger charge is -2.18. The SMILES string of the molecule is CCCNc1ncnc(NC(C)CCCC(C)C)c1C. The molecule has 0 aromatic carbocycles. The monoisotopic (exact) mass is 278 g/mol. The van der Waals surface area contributed by atoms with E-state index in [0.717, 1.165) is 36.1 Å². The highest BCUT2D eigenvalue weighted by atomic mass is 15.1. The van der Waals surface area contributed by atoms with Crippen molar-refractivity contribution in [1.29, 1.82) is 0 Å². The zero-order chi connectivity index (χ0) is 15.0. The van der Waals surface area contributed by atoms with Crippen LogP contribution in [-0.4, -0.2) is 22.6 Å². The van der Waals surface area contributed by atoms with E-state index in [-0.39, 0.29) is 0 Å². The van der Waals surface area contributed by atoms with Gasteiger partial charge in [-0.2, -0.15) is 0 Å². The second-order valence-electron chi connectivity index (χ2n) is 5.99. The molecule has 0 bridgehead atoms. The average Bonchev–Trinajstić information content (AvgIpc) is 2.39. The van der Waals surface area contributed by atoms with Crippen LogP contribution in [-0.2, 0) is 0 Å². The fourth-order valence-electron chi connectivity index (χ4n) is 2.16. The first-order valence-corrected chi connectivity index (χ1v) is 7.86. The van der Waals surface area contributed by atoms with E-state index in [4.69, 9.17) is 0 Å². The minimum atomic E-state index is 0.446. The number of rotatable bonds is 9. The van der Waals surface area contributed by atoms with Crippen molar-refractivity contribution in [1.82, 2.24) is 9.97 Å². The Bertz CT molecular complexity index is 390. The number of hydrogen-bond donors (Lipinski definition) is 2. The Morgan fingerprint density at radius 1 is 1.10 bits per heavy atom. The summed E-state index contributed by atoms with van der Waals surface area (Å²) < 4.78 is 0. The van der Waals surface area contributed by atoms with Gasteiger partial charge >= 0.3 is 0 Å². The number of nitrogens with zero attached hydrogens (tertiary/aromatic N) is 2. The van der Waals surface area contributed by atoms with Gasteiger partial charge in [0, 0.05) is 18.2 Å². The summed E-state index contributed by atoms with van der Waals surface area (Å²) in [7, 11) is 0. The predicted octanol–water partition coefficient (Wildman–Crippen LogP) is 4.23. The molecular weight excluding hydrogens is 248 g/mol. The van der Waals surface area contributed by atoms with Crippen LogP contribution >= 0.6 is 0 Å². The number of aromatic nitrogens is 2. The summed E-state index contributed by atoms with van der Waals surface area (Å²) in [5.41, 5.74) is 1.11. The lowest BCUT2D eigenvalue weighted by molar-refractivity contribution is 0.520. The van der Waals surface area contributed by atoms with Crippen molar-refractivity contribution in [3.05, 3.63) is 11.9 Å². The Kier molecular flexibility index (Phi) is 7.34. The highest BCUT2D eigenvalue weighted by Crippen LogP contribution is 2.20. The molecule has 0 saturated carbocycles. The fraction of sp³-hybridized carbons (Fsp3) is 0.750. The molecule has 1 rings (SSSR count). The summed E-state index contributed by atoms with van der Waals surface area (Å²) in [6.45, 7) is 11.9. The molecule has 1 atom stereocenters. The molecule has 0 aliphatic heterocycles. The van der Waals surface area contributed by atoms with Crippen LogP contribution in [0, 0.1) is 12.8 Å². The second kappa shape index (κ2) is 8.77. The van der Waals surface area contributed by atoms with Gasteiger partial charge in [-0.25, -0.2) is 9.97 Å². The van der Waals surface area contributed by atoms with Gasteiger partial charge in [0.05, 0.1) is 0 Å². The van der Waals surface area contributed by atoms with Crippen LogP contribution in [0.25, 0.3) is 0 Å². The lowest BCUT2D eigenvalue weighted by atomic mass is 10.0. The highest BCUT2D eigenvalue weighted by Gasteiger charge is 2.09. The van der Waals surface area contributed by atoms with E-state index in [1.807, 2.05) is 0 Å². The molecule has 1 aromatic heterocycles. The first kappa shape index (κ1) is 16.7. The quantitative estimate of drug-likeness (QED) is 0.709. The second-order valence-corrected chi connectivity index (χ2v) is 5.99. The van der Waals surface area contributed by atoms with Gasteiger partial charge < -0.3 is 10.6 Å². The highest BCUT2D eigenvalue weighted by molar-refractivity contribution is 5.56. The summed E-state index contributed by atoms with van der Waals surface area (Å²) in [5, 5.41) is 6.85. The smallest absolute Gasteiger partial charge is 0.134 e. The molecule has 0 amide bonds. The van der Waals surface area contributed by atoms with Crippen LogP contribution in [0.3, 0.4) is 0 Å². The third-order valence-electron chi connectivity index (χ3n) is 3.43. The van der Waals surface area contributed by atoms with E-state index in [1.165, 1.54) is 19.3 Å². The van der Waals surface area contributed by atoms with Gasteiger partial charge in [-0.1, -0.05) is 33.6 Å². The molecule has 4 heteroatoms. The minimum Gasteiger partial charge on any atom is -0.370 e. The number of hydrogen-bond acceptors (Lipinski definition) is 4. The summed E-state index contributed by atoms with van der Waals surface area (Å²) in [4.78, 5) is 8.67. The van der Waals surface area contributed by atoms with Gasteiger partial charge in [0.2, 0.25) is 0 Å². The van der Waals surface area contributed by atoms with Gasteiger partial charge in [0.1, 0.15) is 18.0 Å². The number of nitrogens with one attached hydrogen (secondary N) is 2. The lowest BCUT2D eigenvalue weighted by Crippen LogP contribution is -2.18.